The smallest absolute Gasteiger partial charge is 0.252 e. The molecule has 2 N–H and O–H groups in total. The molecule has 1 aromatic heterocycles. The first-order valence-electron chi connectivity index (χ1n) is 5.76. The molecule has 1 rings (SSSR count). The lowest BCUT2D eigenvalue weighted by molar-refractivity contribution is 0.0694. The summed E-state index contributed by atoms with van der Waals surface area (Å²) in [6.45, 7) is 7.62. The lowest BCUT2D eigenvalue weighted by Gasteiger charge is -2.17. The third-order valence-corrected chi connectivity index (χ3v) is 2.32. The van der Waals surface area contributed by atoms with Gasteiger partial charge in [0.05, 0.1) is 11.2 Å². The van der Waals surface area contributed by atoms with Crippen molar-refractivity contribution in [1.82, 2.24) is 10.3 Å². The van der Waals surface area contributed by atoms with Gasteiger partial charge < -0.3 is 10.4 Å². The van der Waals surface area contributed by atoms with Crippen molar-refractivity contribution in [3.63, 3.8) is 0 Å². The minimum absolute atomic E-state index is 0.213. The van der Waals surface area contributed by atoms with Crippen LogP contribution in [0.15, 0.2) is 18.3 Å². The number of hydrogen-bond acceptors (Lipinski definition) is 3. The summed E-state index contributed by atoms with van der Waals surface area (Å²) in [4.78, 5) is 15.9. The third-order valence-electron chi connectivity index (χ3n) is 2.32. The van der Waals surface area contributed by atoms with Gasteiger partial charge in [0.15, 0.2) is 0 Å². The van der Waals surface area contributed by atoms with E-state index in [4.69, 9.17) is 0 Å². The molecule has 0 aliphatic heterocycles. The zero-order valence-electron chi connectivity index (χ0n) is 10.8. The average Bonchev–Trinajstić information content (AvgIpc) is 2.25. The quantitative estimate of drug-likeness (QED) is 0.836. The summed E-state index contributed by atoms with van der Waals surface area (Å²) in [6.07, 6.45) is 1.56. The molecule has 0 unspecified atom stereocenters. The zero-order chi connectivity index (χ0) is 13.1. The second-order valence-corrected chi connectivity index (χ2v) is 5.12. The van der Waals surface area contributed by atoms with Crippen molar-refractivity contribution in [2.24, 2.45) is 0 Å². The van der Waals surface area contributed by atoms with Gasteiger partial charge in [-0.05, 0) is 31.9 Å². The van der Waals surface area contributed by atoms with Gasteiger partial charge in [-0.2, -0.15) is 0 Å². The van der Waals surface area contributed by atoms with Gasteiger partial charge in [0.2, 0.25) is 0 Å². The molecular weight excluding hydrogens is 216 g/mol. The van der Waals surface area contributed by atoms with E-state index in [1.54, 1.807) is 26.1 Å². The number of amides is 1. The molecule has 4 heteroatoms. The van der Waals surface area contributed by atoms with Crippen molar-refractivity contribution in [2.75, 3.05) is 6.54 Å². The van der Waals surface area contributed by atoms with Crippen LogP contribution in [-0.2, 0) is 0 Å². The molecule has 94 valence electrons. The number of nitrogens with zero attached hydrogens (tertiary/aromatic N) is 1. The Hall–Kier alpha value is -1.42. The Morgan fingerprint density at radius 3 is 2.53 bits per heavy atom. The van der Waals surface area contributed by atoms with Crippen molar-refractivity contribution in [1.29, 1.82) is 0 Å². The standard InChI is InChI=1S/C13H20N2O2/c1-9(2)11-6-5-10(7-14-11)12(16)15-8-13(3,4)17/h5-7,9,17H,8H2,1-4H3,(H,15,16). The Morgan fingerprint density at radius 2 is 2.12 bits per heavy atom. The van der Waals surface area contributed by atoms with E-state index in [1.807, 2.05) is 6.07 Å². The Morgan fingerprint density at radius 1 is 1.47 bits per heavy atom. The third kappa shape index (κ3) is 4.53. The van der Waals surface area contributed by atoms with Gasteiger partial charge in [-0.3, -0.25) is 9.78 Å². The van der Waals surface area contributed by atoms with Crippen molar-refractivity contribution < 1.29 is 9.90 Å². The molecule has 17 heavy (non-hydrogen) atoms. The van der Waals surface area contributed by atoms with Crippen LogP contribution in [0.2, 0.25) is 0 Å². The normalized spacial score (nSPS) is 11.6. The summed E-state index contributed by atoms with van der Waals surface area (Å²) < 4.78 is 0. The Bertz CT molecular complexity index is 377. The molecule has 0 aliphatic carbocycles. The fraction of sp³-hybridized carbons (Fsp3) is 0.538. The average molecular weight is 236 g/mol. The first kappa shape index (κ1) is 13.6. The molecule has 0 radical (unpaired) electrons. The van der Waals surface area contributed by atoms with Gasteiger partial charge in [0, 0.05) is 18.4 Å². The molecule has 1 aromatic rings. The van der Waals surface area contributed by atoms with Gasteiger partial charge in [-0.1, -0.05) is 13.8 Å². The molecule has 4 nitrogen and oxygen atoms in total. The fourth-order valence-electron chi connectivity index (χ4n) is 1.28. The van der Waals surface area contributed by atoms with E-state index in [-0.39, 0.29) is 12.5 Å². The monoisotopic (exact) mass is 236 g/mol. The molecule has 0 aromatic carbocycles. The highest BCUT2D eigenvalue weighted by atomic mass is 16.3. The van der Waals surface area contributed by atoms with Crippen LogP contribution in [0, 0.1) is 0 Å². The van der Waals surface area contributed by atoms with Crippen LogP contribution < -0.4 is 5.32 Å². The molecule has 0 saturated carbocycles. The largest absolute Gasteiger partial charge is 0.389 e. The lowest BCUT2D eigenvalue weighted by atomic mass is 10.1. The zero-order valence-corrected chi connectivity index (χ0v) is 10.8. The van der Waals surface area contributed by atoms with Gasteiger partial charge in [0.1, 0.15) is 0 Å². The van der Waals surface area contributed by atoms with Gasteiger partial charge >= 0.3 is 0 Å². The first-order valence-corrected chi connectivity index (χ1v) is 5.76. The van der Waals surface area contributed by atoms with E-state index < -0.39 is 5.60 Å². The maximum absolute atomic E-state index is 11.7. The molecule has 0 bridgehead atoms. The van der Waals surface area contributed by atoms with E-state index in [0.29, 0.717) is 11.5 Å². The number of rotatable bonds is 4. The SMILES string of the molecule is CC(C)c1ccc(C(=O)NCC(C)(C)O)cn1. The van der Waals surface area contributed by atoms with Crippen LogP contribution in [0.1, 0.15) is 49.7 Å². The fourth-order valence-corrected chi connectivity index (χ4v) is 1.28. The predicted octanol–water partition coefficient (Wildman–Crippen LogP) is 1.71. The van der Waals surface area contributed by atoms with E-state index in [2.05, 4.69) is 24.1 Å². The van der Waals surface area contributed by atoms with E-state index in [0.717, 1.165) is 5.69 Å². The molecule has 0 aliphatic rings. The first-order chi connectivity index (χ1) is 7.79. The Labute approximate surface area is 102 Å². The Balaban J connectivity index is 2.64. The van der Waals surface area contributed by atoms with Crippen molar-refractivity contribution in [3.05, 3.63) is 29.6 Å². The van der Waals surface area contributed by atoms with Gasteiger partial charge in [0.25, 0.3) is 5.91 Å². The molecule has 0 atom stereocenters. The van der Waals surface area contributed by atoms with Crippen LogP contribution in [0.25, 0.3) is 0 Å². The van der Waals surface area contributed by atoms with Crippen LogP contribution in [-0.4, -0.2) is 28.1 Å². The molecule has 0 fully saturated rings. The summed E-state index contributed by atoms with van der Waals surface area (Å²) in [5.41, 5.74) is 0.573. The second-order valence-electron chi connectivity index (χ2n) is 5.12. The summed E-state index contributed by atoms with van der Waals surface area (Å²) in [5, 5.41) is 12.2. The number of carbonyl (C=O) groups excluding carboxylic acids is 1. The molecule has 1 amide bonds. The maximum Gasteiger partial charge on any atom is 0.252 e. The summed E-state index contributed by atoms with van der Waals surface area (Å²) >= 11 is 0. The second kappa shape index (κ2) is 5.27. The van der Waals surface area contributed by atoms with Gasteiger partial charge in [-0.25, -0.2) is 0 Å². The van der Waals surface area contributed by atoms with E-state index in [9.17, 15) is 9.90 Å². The maximum atomic E-state index is 11.7. The highest BCUT2D eigenvalue weighted by Crippen LogP contribution is 2.11. The van der Waals surface area contributed by atoms with Crippen molar-refractivity contribution in [3.8, 4) is 0 Å². The van der Waals surface area contributed by atoms with E-state index in [1.165, 1.54) is 0 Å². The minimum atomic E-state index is -0.902. The molecule has 0 saturated heterocycles. The Kier molecular flexibility index (Phi) is 4.23. The highest BCUT2D eigenvalue weighted by molar-refractivity contribution is 5.93. The van der Waals surface area contributed by atoms with Crippen LogP contribution >= 0.6 is 0 Å². The summed E-state index contributed by atoms with van der Waals surface area (Å²) in [6, 6.07) is 3.60. The van der Waals surface area contributed by atoms with Crippen LogP contribution in [0.3, 0.4) is 0 Å². The molecular formula is C13H20N2O2. The minimum Gasteiger partial charge on any atom is -0.389 e. The molecule has 0 spiro atoms. The number of pyridine rings is 1. The number of aliphatic hydroxyl groups is 1. The number of nitrogens with one attached hydrogen (secondary N) is 1. The summed E-state index contributed by atoms with van der Waals surface area (Å²) in [5.74, 6) is 0.137. The number of aromatic nitrogens is 1. The van der Waals surface area contributed by atoms with Crippen LogP contribution in [0.5, 0.6) is 0 Å². The predicted molar refractivity (Wildman–Crippen MR) is 67.0 cm³/mol. The number of carbonyl (C=O) groups is 1. The summed E-state index contributed by atoms with van der Waals surface area (Å²) in [7, 11) is 0. The topological polar surface area (TPSA) is 62.2 Å². The lowest BCUT2D eigenvalue weighted by Crippen LogP contribution is -2.38. The van der Waals surface area contributed by atoms with Crippen molar-refractivity contribution >= 4 is 5.91 Å². The highest BCUT2D eigenvalue weighted by Gasteiger charge is 2.15. The van der Waals surface area contributed by atoms with Gasteiger partial charge in [-0.15, -0.1) is 0 Å². The van der Waals surface area contributed by atoms with E-state index >= 15 is 0 Å². The van der Waals surface area contributed by atoms with Crippen molar-refractivity contribution in [2.45, 2.75) is 39.2 Å². The number of hydrogen-bond donors (Lipinski definition) is 2. The van der Waals surface area contributed by atoms with Crippen LogP contribution in [0.4, 0.5) is 0 Å². The molecule has 1 heterocycles.